The van der Waals surface area contributed by atoms with Gasteiger partial charge in [0.25, 0.3) is 11.8 Å². The van der Waals surface area contributed by atoms with E-state index in [9.17, 15) is 39.6 Å². The van der Waals surface area contributed by atoms with Gasteiger partial charge in [0.1, 0.15) is 17.2 Å². The number of aliphatic hydroxyl groups excluding tert-OH is 1. The Morgan fingerprint density at radius 3 is 2.40 bits per heavy atom. The van der Waals surface area contributed by atoms with E-state index < -0.39 is 29.5 Å². The topological polar surface area (TPSA) is 220 Å². The molecule has 286 valence electrons. The standard InChI is InChI=1S/C40H39ClN4O10/c1-54-34-18-30(31(41)14-22(34)19-42-20-33(47)28-10-12-32(46)37-29(28)11-13-35(48)45-37)38(50)44-26-16-25(17-26)43-36(49)21-55-27-9-5-8-24(15-27)40(53,39(51)52)23-6-3-2-4-7-23/h2-15,18,25-26,33,42,46-47,53H,16-17,19-21H2,1H3,(H,43,49)(H,44,50)(H,45,48)(H,51,52)/t25?,26?,33-,40-/m0/s1. The van der Waals surface area contributed by atoms with Gasteiger partial charge in [-0.05, 0) is 60.4 Å². The maximum Gasteiger partial charge on any atom is 0.345 e. The number of methoxy groups -OCH3 is 1. The number of aliphatic carboxylic acids is 1. The minimum Gasteiger partial charge on any atom is -0.506 e. The number of nitrogens with one attached hydrogen (secondary N) is 4. The first-order valence-corrected chi connectivity index (χ1v) is 17.7. The molecule has 6 rings (SSSR count). The van der Waals surface area contributed by atoms with Crippen molar-refractivity contribution in [3.8, 4) is 17.2 Å². The number of aliphatic hydroxyl groups is 2. The molecule has 0 radical (unpaired) electrons. The highest BCUT2D eigenvalue weighted by molar-refractivity contribution is 6.34. The summed E-state index contributed by atoms with van der Waals surface area (Å²) in [6.45, 7) is 0.0117. The van der Waals surface area contributed by atoms with Gasteiger partial charge in [-0.25, -0.2) is 4.79 Å². The summed E-state index contributed by atoms with van der Waals surface area (Å²) in [7, 11) is 1.47. The zero-order chi connectivity index (χ0) is 39.3. The molecule has 1 saturated carbocycles. The zero-order valence-electron chi connectivity index (χ0n) is 29.5. The molecule has 0 spiro atoms. The fourth-order valence-electron chi connectivity index (χ4n) is 6.54. The van der Waals surface area contributed by atoms with Crippen LogP contribution in [0.15, 0.2) is 95.8 Å². The number of fused-ring (bicyclic) bond motifs is 1. The number of phenolic OH excluding ortho intramolecular Hbond substituents is 1. The molecule has 1 aromatic heterocycles. The van der Waals surface area contributed by atoms with E-state index in [4.69, 9.17) is 21.1 Å². The molecule has 4 aromatic carbocycles. The molecular weight excluding hydrogens is 732 g/mol. The quantitative estimate of drug-likeness (QED) is 0.0770. The molecule has 15 heteroatoms. The van der Waals surface area contributed by atoms with E-state index in [1.54, 1.807) is 36.4 Å². The maximum absolute atomic E-state index is 13.2. The molecule has 55 heavy (non-hydrogen) atoms. The van der Waals surface area contributed by atoms with Crippen molar-refractivity contribution in [2.45, 2.75) is 43.2 Å². The molecule has 0 saturated heterocycles. The minimum absolute atomic E-state index is 0.0718. The number of carbonyl (C=O) groups excluding carboxylic acids is 2. The molecular formula is C40H39ClN4O10. The van der Waals surface area contributed by atoms with E-state index in [1.165, 1.54) is 61.7 Å². The number of hydrogen-bond acceptors (Lipinski definition) is 10. The van der Waals surface area contributed by atoms with Crippen molar-refractivity contribution in [1.29, 1.82) is 0 Å². The van der Waals surface area contributed by atoms with Crippen LogP contribution in [0.4, 0.5) is 0 Å². The summed E-state index contributed by atoms with van der Waals surface area (Å²) >= 11 is 6.53. The second-order valence-corrected chi connectivity index (χ2v) is 13.6. The average molecular weight is 771 g/mol. The number of carboxylic acids is 1. The second kappa shape index (κ2) is 16.6. The summed E-state index contributed by atoms with van der Waals surface area (Å²) in [6, 6.07) is 22.5. The lowest BCUT2D eigenvalue weighted by molar-refractivity contribution is -0.155. The normalized spacial score (nSPS) is 16.7. The van der Waals surface area contributed by atoms with E-state index in [0.717, 1.165) is 0 Å². The van der Waals surface area contributed by atoms with Crippen LogP contribution in [0.3, 0.4) is 0 Å². The number of carboxylic acid groups (broad SMARTS) is 1. The van der Waals surface area contributed by atoms with Crippen molar-refractivity contribution in [2.24, 2.45) is 0 Å². The smallest absolute Gasteiger partial charge is 0.345 e. The van der Waals surface area contributed by atoms with Crippen LogP contribution in [0.2, 0.25) is 5.02 Å². The van der Waals surface area contributed by atoms with Gasteiger partial charge in [-0.3, -0.25) is 14.4 Å². The number of carbonyl (C=O) groups is 3. The Balaban J connectivity index is 0.975. The van der Waals surface area contributed by atoms with E-state index in [1.807, 2.05) is 0 Å². The van der Waals surface area contributed by atoms with Gasteiger partial charge < -0.3 is 50.8 Å². The summed E-state index contributed by atoms with van der Waals surface area (Å²) in [5, 5.41) is 51.6. The van der Waals surface area contributed by atoms with E-state index in [2.05, 4.69) is 20.9 Å². The fraction of sp³-hybridized carbons (Fsp3) is 0.250. The van der Waals surface area contributed by atoms with Crippen molar-refractivity contribution in [1.82, 2.24) is 20.9 Å². The van der Waals surface area contributed by atoms with Crippen molar-refractivity contribution in [3.63, 3.8) is 0 Å². The first-order chi connectivity index (χ1) is 26.4. The molecule has 1 aliphatic carbocycles. The number of amides is 2. The van der Waals surface area contributed by atoms with Gasteiger partial charge in [-0.15, -0.1) is 0 Å². The fourth-order valence-corrected chi connectivity index (χ4v) is 6.81. The van der Waals surface area contributed by atoms with Crippen molar-refractivity contribution in [2.75, 3.05) is 20.3 Å². The average Bonchev–Trinajstić information content (AvgIpc) is 3.16. The molecule has 1 heterocycles. The molecule has 0 aliphatic heterocycles. The van der Waals surface area contributed by atoms with E-state index in [0.29, 0.717) is 35.1 Å². The van der Waals surface area contributed by atoms with Crippen molar-refractivity contribution in [3.05, 3.63) is 134 Å². The number of aromatic amines is 1. The Morgan fingerprint density at radius 2 is 1.67 bits per heavy atom. The van der Waals surface area contributed by atoms with Crippen molar-refractivity contribution >= 4 is 40.3 Å². The summed E-state index contributed by atoms with van der Waals surface area (Å²) in [4.78, 5) is 52.2. The Labute approximate surface area is 319 Å². The highest BCUT2D eigenvalue weighted by Crippen LogP contribution is 2.33. The number of aromatic nitrogens is 1. The molecule has 5 aromatic rings. The molecule has 8 N–H and O–H groups in total. The second-order valence-electron chi connectivity index (χ2n) is 13.2. The summed E-state index contributed by atoms with van der Waals surface area (Å²) in [6.07, 6.45) is -0.0303. The first-order valence-electron chi connectivity index (χ1n) is 17.3. The highest BCUT2D eigenvalue weighted by Gasteiger charge is 2.40. The minimum atomic E-state index is -2.31. The van der Waals surface area contributed by atoms with Crippen LogP contribution in [-0.4, -0.2) is 75.5 Å². The lowest BCUT2D eigenvalue weighted by atomic mass is 9.86. The van der Waals surface area contributed by atoms with Gasteiger partial charge in [-0.1, -0.05) is 60.1 Å². The molecule has 0 unspecified atom stereocenters. The predicted molar refractivity (Wildman–Crippen MR) is 202 cm³/mol. The molecule has 2 amide bonds. The molecule has 0 bridgehead atoms. The monoisotopic (exact) mass is 770 g/mol. The van der Waals surface area contributed by atoms with Gasteiger partial charge in [0.05, 0.1) is 29.3 Å². The number of halogens is 1. The number of ether oxygens (including phenoxy) is 2. The first kappa shape index (κ1) is 38.8. The number of benzene rings is 4. The maximum atomic E-state index is 13.2. The lowest BCUT2D eigenvalue weighted by Gasteiger charge is -2.36. The number of phenols is 1. The van der Waals surface area contributed by atoms with Gasteiger partial charge in [-0.2, -0.15) is 0 Å². The van der Waals surface area contributed by atoms with Crippen LogP contribution in [0.25, 0.3) is 10.9 Å². The van der Waals surface area contributed by atoms with Crippen LogP contribution in [0.5, 0.6) is 17.2 Å². The predicted octanol–water partition coefficient (Wildman–Crippen LogP) is 3.50. The van der Waals surface area contributed by atoms with Gasteiger partial charge >= 0.3 is 5.97 Å². The summed E-state index contributed by atoms with van der Waals surface area (Å²) in [5.41, 5.74) is -0.849. The molecule has 14 nitrogen and oxygen atoms in total. The van der Waals surface area contributed by atoms with E-state index in [-0.39, 0.29) is 76.1 Å². The SMILES string of the molecule is COc1cc(C(=O)NC2CC(NC(=O)COc3cccc([C@](O)(C(=O)O)c4ccccc4)c3)C2)c(Cl)cc1CNC[C@H](O)c1ccc(O)c2[nH]c(=O)ccc12. The third kappa shape index (κ3) is 8.58. The molecule has 1 aliphatic rings. The molecule has 1 fully saturated rings. The third-order valence-corrected chi connectivity index (χ3v) is 9.81. The van der Waals surface area contributed by atoms with Gasteiger partial charge in [0.15, 0.2) is 6.61 Å². The number of rotatable bonds is 15. The van der Waals surface area contributed by atoms with Gasteiger partial charge in [0.2, 0.25) is 11.2 Å². The lowest BCUT2D eigenvalue weighted by Crippen LogP contribution is -2.54. The van der Waals surface area contributed by atoms with Gasteiger partial charge in [0, 0.05) is 47.8 Å². The number of hydrogen-bond donors (Lipinski definition) is 8. The van der Waals surface area contributed by atoms with Crippen molar-refractivity contribution < 1.29 is 44.3 Å². The van der Waals surface area contributed by atoms with Crippen LogP contribution in [0.1, 0.15) is 51.6 Å². The summed E-state index contributed by atoms with van der Waals surface area (Å²) in [5.74, 6) is -1.77. The third-order valence-electron chi connectivity index (χ3n) is 9.49. The molecule has 2 atom stereocenters. The zero-order valence-corrected chi connectivity index (χ0v) is 30.3. The van der Waals surface area contributed by atoms with Crippen LogP contribution in [0, 0.1) is 0 Å². The Hall–Kier alpha value is -5.93. The largest absolute Gasteiger partial charge is 0.506 e. The van der Waals surface area contributed by atoms with Crippen LogP contribution < -0.4 is 31.0 Å². The Morgan fingerprint density at radius 1 is 0.945 bits per heavy atom. The van der Waals surface area contributed by atoms with Crippen LogP contribution >= 0.6 is 11.6 Å². The highest BCUT2D eigenvalue weighted by atomic mass is 35.5. The Kier molecular flexibility index (Phi) is 11.7. The van der Waals surface area contributed by atoms with Crippen LogP contribution in [-0.2, 0) is 21.7 Å². The number of H-pyrrole nitrogens is 1. The number of pyridine rings is 1. The Bertz CT molecular complexity index is 2280. The van der Waals surface area contributed by atoms with E-state index >= 15 is 0 Å². The number of aromatic hydroxyl groups is 1. The summed E-state index contributed by atoms with van der Waals surface area (Å²) < 4.78 is 11.1.